The highest BCUT2D eigenvalue weighted by atomic mass is 19.1. The number of benzene rings is 1. The molecule has 0 spiro atoms. The number of amides is 1. The van der Waals surface area contributed by atoms with Gasteiger partial charge in [0, 0.05) is 25.7 Å². The third-order valence-electron chi connectivity index (χ3n) is 3.17. The Kier molecular flexibility index (Phi) is 6.15. The number of nitrogens with zero attached hydrogens (tertiary/aromatic N) is 1. The molecule has 0 aliphatic carbocycles. The second-order valence-electron chi connectivity index (χ2n) is 6.08. The lowest BCUT2D eigenvalue weighted by molar-refractivity contribution is -0.119. The molecular weight excluding hydrogens is 269 g/mol. The monoisotopic (exact) mass is 295 g/mol. The Hall–Kier alpha value is -1.62. The maximum absolute atomic E-state index is 14.3. The van der Waals surface area contributed by atoms with Gasteiger partial charge in [0.2, 0.25) is 5.91 Å². The van der Waals surface area contributed by atoms with E-state index in [9.17, 15) is 9.18 Å². The molecule has 2 N–H and O–H groups in total. The van der Waals surface area contributed by atoms with Crippen LogP contribution >= 0.6 is 0 Å². The van der Waals surface area contributed by atoms with Gasteiger partial charge in [-0.2, -0.15) is 0 Å². The van der Waals surface area contributed by atoms with Crippen molar-refractivity contribution in [1.29, 1.82) is 0 Å². The summed E-state index contributed by atoms with van der Waals surface area (Å²) in [6, 6.07) is 5.16. The van der Waals surface area contributed by atoms with Gasteiger partial charge in [-0.05, 0) is 45.4 Å². The molecule has 1 aromatic carbocycles. The van der Waals surface area contributed by atoms with Crippen LogP contribution < -0.4 is 15.5 Å². The summed E-state index contributed by atoms with van der Waals surface area (Å²) in [5.74, 6) is -0.427. The zero-order chi connectivity index (χ0) is 16.0. The number of anilines is 1. The van der Waals surface area contributed by atoms with Crippen molar-refractivity contribution in [3.8, 4) is 0 Å². The summed E-state index contributed by atoms with van der Waals surface area (Å²) in [5.41, 5.74) is 1.34. The Bertz CT molecular complexity index is 483. The Morgan fingerprint density at radius 2 is 2.00 bits per heavy atom. The summed E-state index contributed by atoms with van der Waals surface area (Å²) >= 11 is 0. The minimum absolute atomic E-state index is 0.0101. The van der Waals surface area contributed by atoms with Crippen molar-refractivity contribution in [2.24, 2.45) is 0 Å². The highest BCUT2D eigenvalue weighted by molar-refractivity contribution is 5.81. The lowest BCUT2D eigenvalue weighted by Crippen LogP contribution is -2.36. The van der Waals surface area contributed by atoms with Gasteiger partial charge in [0.05, 0.1) is 12.2 Å². The van der Waals surface area contributed by atoms with Crippen molar-refractivity contribution in [3.05, 3.63) is 29.6 Å². The Labute approximate surface area is 126 Å². The first-order valence-electron chi connectivity index (χ1n) is 7.25. The van der Waals surface area contributed by atoms with Gasteiger partial charge in [-0.15, -0.1) is 0 Å². The van der Waals surface area contributed by atoms with E-state index in [4.69, 9.17) is 0 Å². The Morgan fingerprint density at radius 1 is 1.33 bits per heavy atom. The van der Waals surface area contributed by atoms with Crippen LogP contribution in [0.2, 0.25) is 0 Å². The van der Waals surface area contributed by atoms with Crippen molar-refractivity contribution in [1.82, 2.24) is 10.6 Å². The quantitative estimate of drug-likeness (QED) is 0.846. The summed E-state index contributed by atoms with van der Waals surface area (Å²) in [4.78, 5) is 13.2. The molecule has 0 saturated heterocycles. The zero-order valence-corrected chi connectivity index (χ0v) is 13.6. The van der Waals surface area contributed by atoms with E-state index in [0.29, 0.717) is 18.8 Å². The van der Waals surface area contributed by atoms with Crippen LogP contribution in [0, 0.1) is 5.82 Å². The summed E-state index contributed by atoms with van der Waals surface area (Å²) in [5, 5.41) is 5.88. The highest BCUT2D eigenvalue weighted by Crippen LogP contribution is 2.20. The molecule has 0 atom stereocenters. The van der Waals surface area contributed by atoms with Crippen LogP contribution in [-0.4, -0.2) is 31.6 Å². The molecular formula is C16H26FN3O. The number of carbonyl (C=O) groups excluding carboxylic acids is 1. The average molecular weight is 295 g/mol. The smallest absolute Gasteiger partial charge is 0.239 e. The minimum Gasteiger partial charge on any atom is -0.360 e. The summed E-state index contributed by atoms with van der Waals surface area (Å²) in [6.07, 6.45) is 0. The molecule has 1 aromatic rings. The molecule has 0 aliphatic heterocycles. The van der Waals surface area contributed by atoms with Crippen LogP contribution in [0.25, 0.3) is 0 Å². The maximum atomic E-state index is 14.3. The van der Waals surface area contributed by atoms with E-state index in [1.54, 1.807) is 18.0 Å². The van der Waals surface area contributed by atoms with E-state index in [-0.39, 0.29) is 23.8 Å². The molecule has 0 aliphatic rings. The van der Waals surface area contributed by atoms with E-state index in [1.807, 2.05) is 13.0 Å². The third kappa shape index (κ3) is 5.71. The van der Waals surface area contributed by atoms with Gasteiger partial charge in [-0.3, -0.25) is 4.79 Å². The van der Waals surface area contributed by atoms with E-state index in [0.717, 1.165) is 5.56 Å². The molecule has 0 bridgehead atoms. The van der Waals surface area contributed by atoms with E-state index in [1.165, 1.54) is 6.07 Å². The number of hydrogen-bond donors (Lipinski definition) is 2. The number of nitrogens with one attached hydrogen (secondary N) is 2. The van der Waals surface area contributed by atoms with Crippen LogP contribution in [0.5, 0.6) is 0 Å². The molecule has 118 valence electrons. The summed E-state index contributed by atoms with van der Waals surface area (Å²) in [6.45, 7) is 9.45. The molecule has 0 saturated carbocycles. The van der Waals surface area contributed by atoms with Crippen LogP contribution in [0.15, 0.2) is 18.2 Å². The third-order valence-corrected chi connectivity index (χ3v) is 3.17. The van der Waals surface area contributed by atoms with Gasteiger partial charge in [0.25, 0.3) is 0 Å². The molecule has 1 rings (SSSR count). The molecule has 5 heteroatoms. The largest absolute Gasteiger partial charge is 0.360 e. The number of rotatable bonds is 6. The summed E-state index contributed by atoms with van der Waals surface area (Å²) < 4.78 is 14.3. The average Bonchev–Trinajstić information content (AvgIpc) is 2.42. The second kappa shape index (κ2) is 7.41. The molecule has 0 heterocycles. The van der Waals surface area contributed by atoms with Crippen LogP contribution in [0.4, 0.5) is 10.1 Å². The molecule has 21 heavy (non-hydrogen) atoms. The Balaban J connectivity index is 2.83. The van der Waals surface area contributed by atoms with Gasteiger partial charge in [-0.1, -0.05) is 6.07 Å². The first-order valence-corrected chi connectivity index (χ1v) is 7.25. The van der Waals surface area contributed by atoms with Gasteiger partial charge in [0.15, 0.2) is 0 Å². The topological polar surface area (TPSA) is 44.4 Å². The predicted octanol–water partition coefficient (Wildman–Crippen LogP) is 2.29. The summed E-state index contributed by atoms with van der Waals surface area (Å²) in [7, 11) is 1.58. The van der Waals surface area contributed by atoms with Crippen molar-refractivity contribution < 1.29 is 9.18 Å². The van der Waals surface area contributed by atoms with Crippen molar-refractivity contribution in [2.75, 3.05) is 25.0 Å². The first-order chi connectivity index (χ1) is 9.76. The van der Waals surface area contributed by atoms with E-state index >= 15 is 0 Å². The first kappa shape index (κ1) is 17.4. The van der Waals surface area contributed by atoms with Crippen LogP contribution in [-0.2, 0) is 11.3 Å². The zero-order valence-electron chi connectivity index (χ0n) is 13.6. The Morgan fingerprint density at radius 3 is 2.48 bits per heavy atom. The fraction of sp³-hybridized carbons (Fsp3) is 0.562. The van der Waals surface area contributed by atoms with Crippen LogP contribution in [0.1, 0.15) is 33.3 Å². The van der Waals surface area contributed by atoms with Crippen molar-refractivity contribution >= 4 is 11.6 Å². The second-order valence-corrected chi connectivity index (χ2v) is 6.08. The van der Waals surface area contributed by atoms with E-state index < -0.39 is 0 Å². The SMILES string of the molecule is CCN(CC(=O)NC)c1ccc(CNC(C)(C)C)cc1F. The normalized spacial score (nSPS) is 11.3. The number of halogens is 1. The highest BCUT2D eigenvalue weighted by Gasteiger charge is 2.14. The minimum atomic E-state index is -0.297. The lowest BCUT2D eigenvalue weighted by Gasteiger charge is -2.24. The standard InChI is InChI=1S/C16H26FN3O/c1-6-20(11-15(21)18-5)14-8-7-12(9-13(14)17)10-19-16(2,3)4/h7-9,19H,6,10-11H2,1-5H3,(H,18,21). The van der Waals surface area contributed by atoms with Gasteiger partial charge < -0.3 is 15.5 Å². The fourth-order valence-electron chi connectivity index (χ4n) is 1.90. The molecule has 0 radical (unpaired) electrons. The fourth-order valence-corrected chi connectivity index (χ4v) is 1.90. The van der Waals surface area contributed by atoms with Crippen molar-refractivity contribution in [3.63, 3.8) is 0 Å². The molecule has 1 amide bonds. The molecule has 0 aromatic heterocycles. The van der Waals surface area contributed by atoms with Crippen molar-refractivity contribution in [2.45, 2.75) is 39.8 Å². The lowest BCUT2D eigenvalue weighted by atomic mass is 10.1. The van der Waals surface area contributed by atoms with Crippen LogP contribution in [0.3, 0.4) is 0 Å². The number of likely N-dealkylation sites (N-methyl/N-ethyl adjacent to an activating group) is 2. The maximum Gasteiger partial charge on any atom is 0.239 e. The van der Waals surface area contributed by atoms with E-state index in [2.05, 4.69) is 31.4 Å². The molecule has 0 unspecified atom stereocenters. The van der Waals surface area contributed by atoms with Gasteiger partial charge in [0.1, 0.15) is 5.82 Å². The predicted molar refractivity (Wildman–Crippen MR) is 84.9 cm³/mol. The number of hydrogen-bond acceptors (Lipinski definition) is 3. The van der Waals surface area contributed by atoms with Gasteiger partial charge in [-0.25, -0.2) is 4.39 Å². The van der Waals surface area contributed by atoms with Gasteiger partial charge >= 0.3 is 0 Å². The molecule has 0 fully saturated rings. The number of carbonyl (C=O) groups is 1. The molecule has 4 nitrogen and oxygen atoms in total.